The molecule has 0 saturated heterocycles. The average molecular weight is 459 g/mol. The van der Waals surface area contributed by atoms with Crippen molar-refractivity contribution in [2.24, 2.45) is 0 Å². The molecule has 1 unspecified atom stereocenters. The van der Waals surface area contributed by atoms with Gasteiger partial charge in [-0.25, -0.2) is 22.3 Å². The summed E-state index contributed by atoms with van der Waals surface area (Å²) in [5.41, 5.74) is 0.472. The Morgan fingerprint density at radius 1 is 1.23 bits per heavy atom. The molecule has 0 radical (unpaired) electrons. The first kappa shape index (κ1) is 23.6. The van der Waals surface area contributed by atoms with Gasteiger partial charge in [-0.3, -0.25) is 4.79 Å². The van der Waals surface area contributed by atoms with E-state index in [9.17, 15) is 22.4 Å². The second kappa shape index (κ2) is 9.88. The van der Waals surface area contributed by atoms with E-state index >= 15 is 0 Å². The minimum atomic E-state index is -3.74. The Morgan fingerprint density at radius 3 is 2.40 bits per heavy atom. The monoisotopic (exact) mass is 458 g/mol. The molecule has 1 amide bonds. The zero-order valence-corrected chi connectivity index (χ0v) is 17.7. The number of nitrogens with zero attached hydrogens (tertiary/aromatic N) is 1. The van der Waals surface area contributed by atoms with Gasteiger partial charge in [0.15, 0.2) is 17.6 Å². The molecule has 11 heteroatoms. The topological polar surface area (TPSA) is 113 Å². The van der Waals surface area contributed by atoms with E-state index in [4.69, 9.17) is 21.5 Å². The minimum absolute atomic E-state index is 0.0141. The number of benzene rings is 2. The van der Waals surface area contributed by atoms with Crippen LogP contribution in [-0.4, -0.2) is 43.1 Å². The molecule has 0 bridgehead atoms. The van der Waals surface area contributed by atoms with Crippen molar-refractivity contribution >= 4 is 33.5 Å². The van der Waals surface area contributed by atoms with Crippen LogP contribution in [0, 0.1) is 5.82 Å². The predicted octanol–water partition coefficient (Wildman–Crippen LogP) is 2.62. The Kier molecular flexibility index (Phi) is 7.77. The second-order valence-electron chi connectivity index (χ2n) is 6.32. The van der Waals surface area contributed by atoms with Gasteiger partial charge in [0.05, 0.1) is 4.90 Å². The van der Waals surface area contributed by atoms with Crippen molar-refractivity contribution in [1.29, 1.82) is 0 Å². The molecular weight excluding hydrogens is 439 g/mol. The maximum absolute atomic E-state index is 14.3. The lowest BCUT2D eigenvalue weighted by molar-refractivity contribution is -0.174. The summed E-state index contributed by atoms with van der Waals surface area (Å²) < 4.78 is 41.2. The highest BCUT2D eigenvalue weighted by Crippen LogP contribution is 2.21. The number of hydrogen-bond donors (Lipinski definition) is 2. The van der Waals surface area contributed by atoms with Gasteiger partial charge in [-0.05, 0) is 55.3 Å². The molecule has 0 aliphatic heterocycles. The summed E-state index contributed by atoms with van der Waals surface area (Å²) in [4.78, 5) is 27.8. The van der Waals surface area contributed by atoms with Crippen molar-refractivity contribution in [1.82, 2.24) is 9.79 Å². The molecule has 2 N–H and O–H groups in total. The molecule has 0 heterocycles. The van der Waals surface area contributed by atoms with Crippen molar-refractivity contribution in [3.63, 3.8) is 0 Å². The van der Waals surface area contributed by atoms with Gasteiger partial charge in [0.2, 0.25) is 10.0 Å². The van der Waals surface area contributed by atoms with E-state index in [0.717, 1.165) is 13.0 Å². The highest BCUT2D eigenvalue weighted by molar-refractivity contribution is 7.89. The fourth-order valence-corrected chi connectivity index (χ4v) is 3.58. The zero-order chi connectivity index (χ0) is 22.5. The summed E-state index contributed by atoms with van der Waals surface area (Å²) in [5.74, 6) is -3.17. The Morgan fingerprint density at radius 2 is 1.87 bits per heavy atom. The van der Waals surface area contributed by atoms with Gasteiger partial charge in [0, 0.05) is 18.5 Å². The molecule has 8 nitrogen and oxygen atoms in total. The molecule has 30 heavy (non-hydrogen) atoms. The molecule has 2 aromatic rings. The molecular formula is C19H20ClFN2O6S. The number of nitrogens with one attached hydrogen (secondary N) is 1. The van der Waals surface area contributed by atoms with E-state index in [1.807, 2.05) is 0 Å². The summed E-state index contributed by atoms with van der Waals surface area (Å²) in [6.45, 7) is 2.33. The quantitative estimate of drug-likeness (QED) is 0.558. The number of hydrogen-bond acceptors (Lipinski definition) is 5. The van der Waals surface area contributed by atoms with E-state index in [-0.39, 0.29) is 23.6 Å². The first-order valence-corrected chi connectivity index (χ1v) is 10.6. The molecule has 0 spiro atoms. The molecule has 0 aliphatic rings. The Hall–Kier alpha value is -2.69. The van der Waals surface area contributed by atoms with Crippen molar-refractivity contribution in [3.05, 3.63) is 58.9 Å². The third-order valence-electron chi connectivity index (χ3n) is 4.04. The van der Waals surface area contributed by atoms with Gasteiger partial charge in [0.25, 0.3) is 5.91 Å². The van der Waals surface area contributed by atoms with Gasteiger partial charge >= 0.3 is 5.97 Å². The third-order valence-corrected chi connectivity index (χ3v) is 5.77. The summed E-state index contributed by atoms with van der Waals surface area (Å²) in [6, 6.07) is 8.19. The van der Waals surface area contributed by atoms with Crippen LogP contribution < -0.4 is 9.56 Å². The maximum atomic E-state index is 14.3. The van der Waals surface area contributed by atoms with Crippen LogP contribution in [0.3, 0.4) is 0 Å². The standard InChI is InChI=1S/C19H20ClFN2O6S/c1-12(19(25)26)23(13(2)24)29-18-8-3-14(11-17(18)21)9-10-22-30(27,28)16-6-4-15(20)5-7-16/h3-8,11-12,22H,9-10H2,1-2H3,(H,25,26). The van der Waals surface area contributed by atoms with E-state index in [1.165, 1.54) is 43.3 Å². The van der Waals surface area contributed by atoms with Crippen LogP contribution in [0.15, 0.2) is 47.4 Å². The molecule has 0 fully saturated rings. The Labute approximate surface area is 178 Å². The number of aliphatic carboxylic acids is 1. The number of halogens is 2. The van der Waals surface area contributed by atoms with Crippen LogP contribution in [0.1, 0.15) is 19.4 Å². The normalized spacial score (nSPS) is 12.3. The van der Waals surface area contributed by atoms with Crippen LogP contribution in [-0.2, 0) is 26.0 Å². The number of amides is 1. The number of carbonyl (C=O) groups excluding carboxylic acids is 1. The SMILES string of the molecule is CC(=O)N(Oc1ccc(CCNS(=O)(=O)c2ccc(Cl)cc2)cc1F)C(C)C(=O)O. The van der Waals surface area contributed by atoms with Crippen molar-refractivity contribution < 1.29 is 32.3 Å². The lowest BCUT2D eigenvalue weighted by Crippen LogP contribution is -2.44. The Balaban J connectivity index is 2.02. The minimum Gasteiger partial charge on any atom is -0.480 e. The van der Waals surface area contributed by atoms with E-state index < -0.39 is 33.8 Å². The predicted molar refractivity (Wildman–Crippen MR) is 107 cm³/mol. The lowest BCUT2D eigenvalue weighted by atomic mass is 10.1. The highest BCUT2D eigenvalue weighted by Gasteiger charge is 2.26. The van der Waals surface area contributed by atoms with Crippen molar-refractivity contribution in [3.8, 4) is 5.75 Å². The van der Waals surface area contributed by atoms with Crippen LogP contribution in [0.5, 0.6) is 5.75 Å². The van der Waals surface area contributed by atoms with Crippen LogP contribution in [0.25, 0.3) is 0 Å². The fraction of sp³-hybridized carbons (Fsp3) is 0.263. The molecule has 162 valence electrons. The smallest absolute Gasteiger partial charge is 0.329 e. The first-order chi connectivity index (χ1) is 14.0. The van der Waals surface area contributed by atoms with Crippen LogP contribution in [0.2, 0.25) is 5.02 Å². The molecule has 1 atom stereocenters. The number of carboxylic acids is 1. The molecule has 0 saturated carbocycles. The third kappa shape index (κ3) is 6.15. The number of hydroxylamine groups is 2. The van der Waals surface area contributed by atoms with Crippen LogP contribution in [0.4, 0.5) is 4.39 Å². The largest absolute Gasteiger partial charge is 0.480 e. The number of carbonyl (C=O) groups is 2. The molecule has 0 aliphatic carbocycles. The summed E-state index contributed by atoms with van der Waals surface area (Å²) in [6.07, 6.45) is 0.186. The second-order valence-corrected chi connectivity index (χ2v) is 8.52. The van der Waals surface area contributed by atoms with Gasteiger partial charge in [-0.2, -0.15) is 5.06 Å². The Bertz CT molecular complexity index is 1030. The van der Waals surface area contributed by atoms with E-state index in [1.54, 1.807) is 0 Å². The fourth-order valence-electron chi connectivity index (χ4n) is 2.42. The van der Waals surface area contributed by atoms with Gasteiger partial charge in [-0.15, -0.1) is 0 Å². The van der Waals surface area contributed by atoms with Gasteiger partial charge in [-0.1, -0.05) is 17.7 Å². The summed E-state index contributed by atoms with van der Waals surface area (Å²) in [5, 5.41) is 9.99. The van der Waals surface area contributed by atoms with Crippen molar-refractivity contribution in [2.75, 3.05) is 6.54 Å². The summed E-state index contributed by atoms with van der Waals surface area (Å²) >= 11 is 5.74. The molecule has 0 aromatic heterocycles. The average Bonchev–Trinajstić information content (AvgIpc) is 2.66. The van der Waals surface area contributed by atoms with E-state index in [0.29, 0.717) is 15.6 Å². The lowest BCUT2D eigenvalue weighted by Gasteiger charge is -2.24. The first-order valence-electron chi connectivity index (χ1n) is 8.75. The van der Waals surface area contributed by atoms with Crippen LogP contribution >= 0.6 is 11.6 Å². The summed E-state index contributed by atoms with van der Waals surface area (Å²) in [7, 11) is -3.74. The number of rotatable bonds is 9. The molecule has 2 aromatic carbocycles. The maximum Gasteiger partial charge on any atom is 0.329 e. The zero-order valence-electron chi connectivity index (χ0n) is 16.1. The van der Waals surface area contributed by atoms with Gasteiger partial charge in [0.1, 0.15) is 0 Å². The number of carboxylic acid groups (broad SMARTS) is 1. The number of sulfonamides is 1. The van der Waals surface area contributed by atoms with Gasteiger partial charge < -0.3 is 9.94 Å². The van der Waals surface area contributed by atoms with E-state index in [2.05, 4.69) is 4.72 Å². The highest BCUT2D eigenvalue weighted by atomic mass is 35.5. The molecule has 2 rings (SSSR count). The van der Waals surface area contributed by atoms with Crippen molar-refractivity contribution in [2.45, 2.75) is 31.2 Å².